The summed E-state index contributed by atoms with van der Waals surface area (Å²) in [5, 5.41) is 11.8. The summed E-state index contributed by atoms with van der Waals surface area (Å²) >= 11 is 1.33. The van der Waals surface area contributed by atoms with Crippen LogP contribution in [0.15, 0.2) is 24.3 Å². The van der Waals surface area contributed by atoms with Crippen LogP contribution in [-0.4, -0.2) is 31.9 Å². The minimum Gasteiger partial charge on any atom is -0.349 e. The van der Waals surface area contributed by atoms with Crippen molar-refractivity contribution in [2.24, 2.45) is 7.05 Å². The number of thiazole rings is 1. The first kappa shape index (κ1) is 18.9. The van der Waals surface area contributed by atoms with E-state index in [9.17, 15) is 9.18 Å². The second kappa shape index (κ2) is 7.79. The molecule has 3 aromatic rings. The van der Waals surface area contributed by atoms with E-state index in [4.69, 9.17) is 0 Å². The van der Waals surface area contributed by atoms with E-state index in [1.807, 2.05) is 32.9 Å². The number of aryl methyl sites for hydroxylation is 2. The highest BCUT2D eigenvalue weighted by molar-refractivity contribution is 7.14. The summed E-state index contributed by atoms with van der Waals surface area (Å²) in [4.78, 5) is 17.3. The van der Waals surface area contributed by atoms with Gasteiger partial charge in [0.25, 0.3) is 5.91 Å². The first-order valence-electron chi connectivity index (χ1n) is 8.47. The third-order valence-electron chi connectivity index (χ3n) is 3.81. The van der Waals surface area contributed by atoms with Crippen molar-refractivity contribution in [1.82, 2.24) is 25.3 Å². The molecule has 3 rings (SSSR count). The van der Waals surface area contributed by atoms with Crippen molar-refractivity contribution in [1.29, 1.82) is 0 Å². The highest BCUT2D eigenvalue weighted by Crippen LogP contribution is 2.24. The van der Waals surface area contributed by atoms with Crippen molar-refractivity contribution >= 4 is 29.4 Å². The number of hydrogen-bond donors (Lipinski definition) is 1. The predicted octanol–water partition coefficient (Wildman–Crippen LogP) is 3.69. The molecule has 0 radical (unpaired) electrons. The molecular weight excluding hydrogens is 365 g/mol. The van der Waals surface area contributed by atoms with Crippen molar-refractivity contribution in [3.8, 4) is 11.3 Å². The Hall–Kier alpha value is -2.87. The maximum atomic E-state index is 13.2. The monoisotopic (exact) mass is 385 g/mol. The van der Waals surface area contributed by atoms with E-state index < -0.39 is 0 Å². The normalized spacial score (nSPS) is 11.5. The van der Waals surface area contributed by atoms with Crippen LogP contribution >= 0.6 is 11.3 Å². The third-order valence-corrected chi connectivity index (χ3v) is 4.93. The molecule has 1 aromatic carbocycles. The second-order valence-corrected chi connectivity index (χ2v) is 7.41. The van der Waals surface area contributed by atoms with Gasteiger partial charge in [-0.2, -0.15) is 0 Å². The Morgan fingerprint density at radius 2 is 1.96 bits per heavy atom. The lowest BCUT2D eigenvalue weighted by Crippen LogP contribution is -2.29. The van der Waals surface area contributed by atoms with E-state index in [-0.39, 0.29) is 17.8 Å². The summed E-state index contributed by atoms with van der Waals surface area (Å²) in [6, 6.07) is 6.18. The van der Waals surface area contributed by atoms with Crippen LogP contribution in [0.1, 0.15) is 39.9 Å². The fourth-order valence-corrected chi connectivity index (χ4v) is 3.41. The van der Waals surface area contributed by atoms with Crippen molar-refractivity contribution < 1.29 is 9.18 Å². The largest absolute Gasteiger partial charge is 0.349 e. The molecule has 140 valence electrons. The minimum atomic E-state index is -0.301. The maximum Gasteiger partial charge on any atom is 0.263 e. The fraction of sp³-hybridized carbons (Fsp3) is 0.263. The molecule has 0 atom stereocenters. The van der Waals surface area contributed by atoms with Crippen molar-refractivity contribution in [2.75, 3.05) is 0 Å². The highest BCUT2D eigenvalue weighted by atomic mass is 32.1. The van der Waals surface area contributed by atoms with Gasteiger partial charge in [0.1, 0.15) is 21.4 Å². The van der Waals surface area contributed by atoms with Gasteiger partial charge in [-0.15, -0.1) is 16.4 Å². The van der Waals surface area contributed by atoms with Gasteiger partial charge in [-0.25, -0.2) is 14.1 Å². The number of hydrogen-bond acceptors (Lipinski definition) is 5. The maximum absolute atomic E-state index is 13.2. The van der Waals surface area contributed by atoms with Crippen LogP contribution in [0.2, 0.25) is 0 Å². The van der Waals surface area contributed by atoms with Gasteiger partial charge in [-0.1, -0.05) is 5.21 Å². The molecule has 27 heavy (non-hydrogen) atoms. The summed E-state index contributed by atoms with van der Waals surface area (Å²) in [5.74, 6) is -0.418. The van der Waals surface area contributed by atoms with E-state index in [1.54, 1.807) is 23.9 Å². The number of amides is 1. The van der Waals surface area contributed by atoms with E-state index in [0.717, 1.165) is 11.3 Å². The Kier molecular flexibility index (Phi) is 5.46. The number of halogens is 1. The number of carbonyl (C=O) groups is 1. The lowest BCUT2D eigenvalue weighted by atomic mass is 10.1. The van der Waals surface area contributed by atoms with Crippen LogP contribution in [-0.2, 0) is 7.05 Å². The van der Waals surface area contributed by atoms with Gasteiger partial charge in [0.2, 0.25) is 0 Å². The van der Waals surface area contributed by atoms with Crippen LogP contribution in [0.25, 0.3) is 23.4 Å². The molecule has 6 nitrogen and oxygen atoms in total. The van der Waals surface area contributed by atoms with Crippen molar-refractivity contribution in [2.45, 2.75) is 26.8 Å². The van der Waals surface area contributed by atoms with Gasteiger partial charge in [-0.3, -0.25) is 4.79 Å². The molecule has 0 spiro atoms. The topological polar surface area (TPSA) is 72.7 Å². The summed E-state index contributed by atoms with van der Waals surface area (Å²) in [6.07, 6.45) is 3.68. The number of nitrogens with one attached hydrogen (secondary N) is 1. The molecule has 0 aliphatic carbocycles. The molecule has 1 N–H and O–H groups in total. The quantitative estimate of drug-likeness (QED) is 0.727. The molecule has 0 saturated heterocycles. The highest BCUT2D eigenvalue weighted by Gasteiger charge is 2.15. The number of benzene rings is 1. The zero-order valence-corrected chi connectivity index (χ0v) is 16.3. The average molecular weight is 385 g/mol. The van der Waals surface area contributed by atoms with Gasteiger partial charge in [0.15, 0.2) is 0 Å². The molecule has 2 heterocycles. The first-order valence-corrected chi connectivity index (χ1v) is 9.28. The Morgan fingerprint density at radius 3 is 2.63 bits per heavy atom. The SMILES string of the molecule is Cc1nc(C=Cc2c(-c3ccc(F)cc3)nnn2C)sc1C(=O)NC(C)C. The smallest absolute Gasteiger partial charge is 0.263 e. The molecule has 0 aliphatic heterocycles. The Bertz CT molecular complexity index is 988. The average Bonchev–Trinajstić information content (AvgIpc) is 3.16. The Morgan fingerprint density at radius 1 is 1.26 bits per heavy atom. The minimum absolute atomic E-state index is 0.0665. The number of carbonyl (C=O) groups excluding carboxylic acids is 1. The Balaban J connectivity index is 1.88. The lowest BCUT2D eigenvalue weighted by molar-refractivity contribution is 0.0946. The second-order valence-electron chi connectivity index (χ2n) is 6.38. The van der Waals surface area contributed by atoms with Gasteiger partial charge in [-0.05, 0) is 57.2 Å². The number of aromatic nitrogens is 4. The van der Waals surface area contributed by atoms with Crippen LogP contribution < -0.4 is 5.32 Å². The van der Waals surface area contributed by atoms with Gasteiger partial charge < -0.3 is 5.32 Å². The molecule has 0 aliphatic rings. The van der Waals surface area contributed by atoms with Crippen LogP contribution in [0.5, 0.6) is 0 Å². The fourth-order valence-electron chi connectivity index (χ4n) is 2.54. The Labute approximate surface area is 160 Å². The van der Waals surface area contributed by atoms with Gasteiger partial charge in [0.05, 0.1) is 11.4 Å². The van der Waals surface area contributed by atoms with E-state index in [2.05, 4.69) is 20.6 Å². The number of nitrogens with zero attached hydrogens (tertiary/aromatic N) is 4. The molecule has 0 saturated carbocycles. The zero-order chi connectivity index (χ0) is 19.6. The first-order chi connectivity index (χ1) is 12.8. The summed E-state index contributed by atoms with van der Waals surface area (Å²) in [5.41, 5.74) is 2.89. The number of rotatable bonds is 5. The van der Waals surface area contributed by atoms with Crippen LogP contribution in [0, 0.1) is 12.7 Å². The zero-order valence-electron chi connectivity index (χ0n) is 15.5. The summed E-state index contributed by atoms with van der Waals surface area (Å²) < 4.78 is 14.8. The molecule has 0 unspecified atom stereocenters. The van der Waals surface area contributed by atoms with Crippen molar-refractivity contribution in [3.63, 3.8) is 0 Å². The van der Waals surface area contributed by atoms with Crippen molar-refractivity contribution in [3.05, 3.63) is 51.4 Å². The molecule has 2 aromatic heterocycles. The van der Waals surface area contributed by atoms with E-state index in [0.29, 0.717) is 21.3 Å². The molecule has 0 fully saturated rings. The predicted molar refractivity (Wildman–Crippen MR) is 105 cm³/mol. The van der Waals surface area contributed by atoms with E-state index in [1.165, 1.54) is 23.5 Å². The van der Waals surface area contributed by atoms with Crippen LogP contribution in [0.3, 0.4) is 0 Å². The summed E-state index contributed by atoms with van der Waals surface area (Å²) in [7, 11) is 1.79. The lowest BCUT2D eigenvalue weighted by Gasteiger charge is -2.06. The molecule has 0 bridgehead atoms. The van der Waals surface area contributed by atoms with Gasteiger partial charge >= 0.3 is 0 Å². The van der Waals surface area contributed by atoms with Crippen LogP contribution in [0.4, 0.5) is 4.39 Å². The molecular formula is C19H20FN5OS. The third kappa shape index (κ3) is 4.28. The van der Waals surface area contributed by atoms with E-state index >= 15 is 0 Å². The van der Waals surface area contributed by atoms with Gasteiger partial charge in [0, 0.05) is 18.7 Å². The summed E-state index contributed by atoms with van der Waals surface area (Å²) in [6.45, 7) is 5.65. The molecule has 1 amide bonds. The standard InChI is InChI=1S/C19H20FN5OS/c1-11(2)21-19(26)18-12(3)22-16(27-18)10-9-15-17(23-24-25(15)4)13-5-7-14(20)8-6-13/h5-11H,1-4H3,(H,21,26). The molecule has 8 heteroatoms.